The van der Waals surface area contributed by atoms with Crippen molar-refractivity contribution in [2.24, 2.45) is 0 Å². The summed E-state index contributed by atoms with van der Waals surface area (Å²) < 4.78 is 11.6. The molecule has 3 aromatic carbocycles. The summed E-state index contributed by atoms with van der Waals surface area (Å²) in [4.78, 5) is 12.7. The van der Waals surface area contributed by atoms with Crippen molar-refractivity contribution >= 4 is 28.9 Å². The lowest BCUT2D eigenvalue weighted by molar-refractivity contribution is 0.0973. The van der Waals surface area contributed by atoms with Gasteiger partial charge in [-0.15, -0.1) is 0 Å². The Balaban J connectivity index is 1.63. The molecule has 0 spiro atoms. The Morgan fingerprint density at radius 2 is 1.53 bits per heavy atom. The molecular weight excluding hydrogens is 396 g/mol. The van der Waals surface area contributed by atoms with Crippen LogP contribution in [0.25, 0.3) is 0 Å². The maximum absolute atomic E-state index is 12.7. The monoisotopic (exact) mass is 420 g/mol. The van der Waals surface area contributed by atoms with Gasteiger partial charge in [0.2, 0.25) is 0 Å². The summed E-state index contributed by atoms with van der Waals surface area (Å²) >= 11 is 5.34. The summed E-state index contributed by atoms with van der Waals surface area (Å²) in [6.45, 7) is 2.99. The molecular formula is C24H24N2O3S. The zero-order valence-electron chi connectivity index (χ0n) is 16.8. The minimum atomic E-state index is -0.332. The number of rotatable bonds is 8. The first-order valence-corrected chi connectivity index (χ1v) is 10.2. The quantitative estimate of drug-likeness (QED) is 0.492. The summed E-state index contributed by atoms with van der Waals surface area (Å²) in [6, 6.07) is 24.4. The van der Waals surface area contributed by atoms with Crippen LogP contribution in [0.2, 0.25) is 0 Å². The Hall–Kier alpha value is -3.38. The lowest BCUT2D eigenvalue weighted by atomic mass is 10.2. The summed E-state index contributed by atoms with van der Waals surface area (Å²) in [6.07, 6.45) is 0.857. The van der Waals surface area contributed by atoms with Gasteiger partial charge in [-0.1, -0.05) is 61.5 Å². The number of thiocarbonyl (C=S) groups is 1. The predicted molar refractivity (Wildman–Crippen MR) is 123 cm³/mol. The van der Waals surface area contributed by atoms with E-state index in [1.54, 1.807) is 18.2 Å². The van der Waals surface area contributed by atoms with Crippen molar-refractivity contribution < 1.29 is 14.3 Å². The second-order valence-corrected chi connectivity index (χ2v) is 6.93. The van der Waals surface area contributed by atoms with Crippen molar-refractivity contribution in [3.05, 3.63) is 90.0 Å². The molecule has 0 bridgehead atoms. The van der Waals surface area contributed by atoms with Crippen LogP contribution < -0.4 is 20.1 Å². The molecule has 1 amide bonds. The van der Waals surface area contributed by atoms with Crippen molar-refractivity contribution in [2.45, 2.75) is 20.0 Å². The first kappa shape index (κ1) is 21.3. The molecule has 0 aliphatic carbocycles. The third-order valence-electron chi connectivity index (χ3n) is 4.19. The Kier molecular flexibility index (Phi) is 7.80. The number of carbonyl (C=O) groups is 1. The molecule has 0 saturated carbocycles. The van der Waals surface area contributed by atoms with Crippen LogP contribution in [-0.4, -0.2) is 17.6 Å². The van der Waals surface area contributed by atoms with Crippen molar-refractivity contribution in [1.82, 2.24) is 5.32 Å². The number of benzene rings is 3. The van der Waals surface area contributed by atoms with Crippen LogP contribution >= 0.6 is 12.2 Å². The molecule has 2 N–H and O–H groups in total. The third kappa shape index (κ3) is 6.06. The van der Waals surface area contributed by atoms with E-state index >= 15 is 0 Å². The molecule has 30 heavy (non-hydrogen) atoms. The maximum Gasteiger partial charge on any atom is 0.261 e. The molecule has 0 heterocycles. The van der Waals surface area contributed by atoms with E-state index in [-0.39, 0.29) is 11.0 Å². The van der Waals surface area contributed by atoms with Crippen LogP contribution in [0.15, 0.2) is 78.9 Å². The molecule has 5 nitrogen and oxygen atoms in total. The van der Waals surface area contributed by atoms with Gasteiger partial charge in [-0.3, -0.25) is 10.1 Å². The smallest absolute Gasteiger partial charge is 0.261 e. The number of amides is 1. The molecule has 0 radical (unpaired) electrons. The lowest BCUT2D eigenvalue weighted by Gasteiger charge is -2.15. The van der Waals surface area contributed by atoms with Crippen LogP contribution in [-0.2, 0) is 6.61 Å². The molecule has 3 rings (SSSR count). The Morgan fingerprint density at radius 3 is 2.30 bits per heavy atom. The van der Waals surface area contributed by atoms with Gasteiger partial charge in [-0.2, -0.15) is 0 Å². The van der Waals surface area contributed by atoms with E-state index in [9.17, 15) is 4.79 Å². The van der Waals surface area contributed by atoms with Gasteiger partial charge in [-0.05, 0) is 48.5 Å². The average molecular weight is 421 g/mol. The van der Waals surface area contributed by atoms with Crippen molar-refractivity contribution in [2.75, 3.05) is 11.9 Å². The van der Waals surface area contributed by atoms with Gasteiger partial charge >= 0.3 is 0 Å². The molecule has 6 heteroatoms. The molecule has 0 aromatic heterocycles. The Bertz CT molecular complexity index is 993. The van der Waals surface area contributed by atoms with Gasteiger partial charge < -0.3 is 14.8 Å². The van der Waals surface area contributed by atoms with E-state index in [1.165, 1.54) is 0 Å². The molecule has 0 fully saturated rings. The summed E-state index contributed by atoms with van der Waals surface area (Å²) in [7, 11) is 0. The molecule has 0 saturated heterocycles. The first-order chi connectivity index (χ1) is 14.7. The fourth-order valence-electron chi connectivity index (χ4n) is 2.75. The van der Waals surface area contributed by atoms with Gasteiger partial charge in [0, 0.05) is 0 Å². The zero-order chi connectivity index (χ0) is 21.2. The fourth-order valence-corrected chi connectivity index (χ4v) is 2.95. The maximum atomic E-state index is 12.7. The first-order valence-electron chi connectivity index (χ1n) is 9.77. The van der Waals surface area contributed by atoms with Crippen molar-refractivity contribution in [3.63, 3.8) is 0 Å². The van der Waals surface area contributed by atoms with E-state index in [2.05, 4.69) is 10.6 Å². The number of nitrogens with one attached hydrogen (secondary N) is 2. The van der Waals surface area contributed by atoms with E-state index < -0.39 is 0 Å². The highest BCUT2D eigenvalue weighted by Crippen LogP contribution is 2.25. The van der Waals surface area contributed by atoms with Crippen LogP contribution in [0.1, 0.15) is 29.3 Å². The summed E-state index contributed by atoms with van der Waals surface area (Å²) in [5.74, 6) is 0.845. The number of ether oxygens (including phenoxy) is 2. The molecule has 0 atom stereocenters. The van der Waals surface area contributed by atoms with Crippen LogP contribution in [0.5, 0.6) is 11.5 Å². The highest BCUT2D eigenvalue weighted by molar-refractivity contribution is 7.80. The lowest BCUT2D eigenvalue weighted by Crippen LogP contribution is -2.34. The zero-order valence-corrected chi connectivity index (χ0v) is 17.6. The van der Waals surface area contributed by atoms with Gasteiger partial charge in [0.1, 0.15) is 18.1 Å². The molecule has 0 aliphatic rings. The molecule has 0 aliphatic heterocycles. The van der Waals surface area contributed by atoms with Crippen molar-refractivity contribution in [1.29, 1.82) is 0 Å². The third-order valence-corrected chi connectivity index (χ3v) is 4.40. The SMILES string of the molecule is CCCOc1ccccc1C(=O)NC(=S)Nc1ccccc1OCc1ccccc1. The average Bonchev–Trinajstić information content (AvgIpc) is 2.78. The molecule has 0 unspecified atom stereocenters. The number of hydrogen-bond acceptors (Lipinski definition) is 4. The topological polar surface area (TPSA) is 59.6 Å². The van der Waals surface area contributed by atoms with Gasteiger partial charge in [0.25, 0.3) is 5.91 Å². The Morgan fingerprint density at radius 1 is 0.867 bits per heavy atom. The molecule has 3 aromatic rings. The van der Waals surface area contributed by atoms with Crippen LogP contribution in [0.4, 0.5) is 5.69 Å². The largest absolute Gasteiger partial charge is 0.493 e. The van der Waals surface area contributed by atoms with E-state index in [1.807, 2.05) is 67.6 Å². The second kappa shape index (κ2) is 11.0. The number of para-hydroxylation sites is 3. The van der Waals surface area contributed by atoms with E-state index in [4.69, 9.17) is 21.7 Å². The van der Waals surface area contributed by atoms with Crippen LogP contribution in [0.3, 0.4) is 0 Å². The second-order valence-electron chi connectivity index (χ2n) is 6.52. The highest BCUT2D eigenvalue weighted by Gasteiger charge is 2.14. The van der Waals surface area contributed by atoms with Crippen molar-refractivity contribution in [3.8, 4) is 11.5 Å². The van der Waals surface area contributed by atoms with Crippen LogP contribution in [0, 0.1) is 0 Å². The minimum absolute atomic E-state index is 0.182. The van der Waals surface area contributed by atoms with E-state index in [0.717, 1.165) is 12.0 Å². The number of hydrogen-bond donors (Lipinski definition) is 2. The van der Waals surface area contributed by atoms with Gasteiger partial charge in [0.05, 0.1) is 17.9 Å². The number of carbonyl (C=O) groups excluding carboxylic acids is 1. The number of anilines is 1. The fraction of sp³-hybridized carbons (Fsp3) is 0.167. The normalized spacial score (nSPS) is 10.2. The highest BCUT2D eigenvalue weighted by atomic mass is 32.1. The predicted octanol–water partition coefficient (Wildman–Crippen LogP) is 5.18. The van der Waals surface area contributed by atoms with Gasteiger partial charge in [0.15, 0.2) is 5.11 Å². The molecule has 154 valence electrons. The standard InChI is InChI=1S/C24H24N2O3S/c1-2-16-28-21-14-8-6-12-19(21)23(27)26-24(30)25-20-13-7-9-15-22(20)29-17-18-10-4-3-5-11-18/h3-15H,2,16-17H2,1H3,(H2,25,26,27,30). The summed E-state index contributed by atoms with van der Waals surface area (Å²) in [5.41, 5.74) is 2.17. The minimum Gasteiger partial charge on any atom is -0.493 e. The van der Waals surface area contributed by atoms with E-state index in [0.29, 0.717) is 36.0 Å². The summed E-state index contributed by atoms with van der Waals surface area (Å²) in [5, 5.41) is 5.93. The Labute approximate surface area is 182 Å². The van der Waals surface area contributed by atoms with Gasteiger partial charge in [-0.25, -0.2) is 0 Å².